The fourth-order valence-corrected chi connectivity index (χ4v) is 16.6. The van der Waals surface area contributed by atoms with E-state index in [-0.39, 0.29) is 35.4 Å². The van der Waals surface area contributed by atoms with Gasteiger partial charge in [-0.3, -0.25) is 14.3 Å². The zero-order valence-corrected chi connectivity index (χ0v) is 23.0. The largest absolute Gasteiger partial charge is 0.414 e. The molecule has 2 aliphatic rings. The molecule has 33 heavy (non-hydrogen) atoms. The molecule has 0 aromatic carbocycles. The Balaban J connectivity index is 2.12. The van der Waals surface area contributed by atoms with Gasteiger partial charge in [0.1, 0.15) is 12.3 Å². The van der Waals surface area contributed by atoms with Gasteiger partial charge >= 0.3 is 22.8 Å². The van der Waals surface area contributed by atoms with Crippen molar-refractivity contribution in [3.8, 4) is 0 Å². The van der Waals surface area contributed by atoms with Gasteiger partial charge in [0, 0.05) is 12.3 Å². The number of aromatic amines is 1. The smallest absolute Gasteiger partial charge is 0.335 e. The number of nitrogens with one attached hydrogen (secondary N) is 1. The summed E-state index contributed by atoms with van der Waals surface area (Å²) in [5.74, 6) is -0.512. The number of rotatable bonds is 6. The highest BCUT2D eigenvalue weighted by molar-refractivity contribution is 6.83. The second kappa shape index (κ2) is 9.88. The minimum absolute atomic E-state index is 0.137. The lowest BCUT2D eigenvalue weighted by molar-refractivity contribution is -0.0579. The highest BCUT2D eigenvalue weighted by atomic mass is 28.5. The van der Waals surface area contributed by atoms with Gasteiger partial charge in [0.05, 0.1) is 25.2 Å². The van der Waals surface area contributed by atoms with E-state index in [0.29, 0.717) is 0 Å². The highest BCUT2D eigenvalue weighted by Crippen LogP contribution is 2.49. The molecule has 2 N–H and O–H groups in total. The summed E-state index contributed by atoms with van der Waals surface area (Å²) in [5, 5.41) is 10.4. The van der Waals surface area contributed by atoms with Crippen molar-refractivity contribution in [2.24, 2.45) is 5.92 Å². The Morgan fingerprint density at radius 3 is 2.09 bits per heavy atom. The lowest BCUT2D eigenvalue weighted by Gasteiger charge is -2.51. The van der Waals surface area contributed by atoms with E-state index in [2.05, 4.69) is 60.4 Å². The topological polar surface area (TPSA) is 112 Å². The van der Waals surface area contributed by atoms with Crippen LogP contribution in [0.1, 0.15) is 61.6 Å². The monoisotopic (exact) mass is 500 g/mol. The van der Waals surface area contributed by atoms with E-state index in [9.17, 15) is 14.7 Å². The number of nitrogens with zero attached hydrogens (tertiary/aromatic N) is 1. The second-order valence-corrected chi connectivity index (χ2v) is 19.3. The second-order valence-electron chi connectivity index (χ2n) is 10.5. The van der Waals surface area contributed by atoms with Gasteiger partial charge in [-0.25, -0.2) is 4.79 Å². The van der Waals surface area contributed by atoms with E-state index < -0.39 is 52.7 Å². The van der Waals surface area contributed by atoms with Crippen LogP contribution >= 0.6 is 0 Å². The lowest BCUT2D eigenvalue weighted by atomic mass is 10.0. The molecule has 4 atom stereocenters. The number of ether oxygens (including phenoxy) is 1. The molecule has 2 fully saturated rings. The van der Waals surface area contributed by atoms with Crippen molar-refractivity contribution >= 4 is 17.1 Å². The molecule has 2 saturated heterocycles. The van der Waals surface area contributed by atoms with Gasteiger partial charge in [-0.2, -0.15) is 0 Å². The zero-order chi connectivity index (χ0) is 24.7. The maximum Gasteiger partial charge on any atom is 0.335 e. The fraction of sp³-hybridized carbons (Fsp3) is 0.818. The van der Waals surface area contributed by atoms with Gasteiger partial charge in [-0.1, -0.05) is 55.4 Å². The van der Waals surface area contributed by atoms with Crippen molar-refractivity contribution in [3.63, 3.8) is 0 Å². The van der Waals surface area contributed by atoms with Crippen molar-refractivity contribution in [2.75, 3.05) is 13.2 Å². The van der Waals surface area contributed by atoms with Gasteiger partial charge in [-0.05, 0) is 22.2 Å². The molecule has 0 amide bonds. The molecule has 0 aliphatic carbocycles. The van der Waals surface area contributed by atoms with E-state index in [4.69, 9.17) is 17.7 Å². The van der Waals surface area contributed by atoms with Crippen LogP contribution < -0.4 is 11.2 Å². The summed E-state index contributed by atoms with van der Waals surface area (Å²) in [7, 11) is -5.59. The maximum atomic E-state index is 12.5. The Bertz CT molecular complexity index is 914. The number of H-pyrrole nitrogens is 1. The molecule has 0 spiro atoms. The summed E-state index contributed by atoms with van der Waals surface area (Å²) in [6.45, 7) is 17.2. The van der Waals surface area contributed by atoms with E-state index in [1.807, 2.05) is 0 Å². The van der Waals surface area contributed by atoms with Crippen LogP contribution in [0, 0.1) is 5.92 Å². The van der Waals surface area contributed by atoms with Gasteiger partial charge in [0.15, 0.2) is 0 Å². The molecule has 11 heteroatoms. The van der Waals surface area contributed by atoms with E-state index >= 15 is 0 Å². The van der Waals surface area contributed by atoms with E-state index in [0.717, 1.165) is 0 Å². The molecule has 188 valence electrons. The van der Waals surface area contributed by atoms with Crippen LogP contribution in [0.2, 0.25) is 22.2 Å². The zero-order valence-electron chi connectivity index (χ0n) is 21.0. The molecule has 1 aromatic heterocycles. The van der Waals surface area contributed by atoms with E-state index in [1.54, 1.807) is 0 Å². The first-order chi connectivity index (χ1) is 15.4. The summed E-state index contributed by atoms with van der Waals surface area (Å²) >= 11 is 0. The molecule has 1 unspecified atom stereocenters. The fourth-order valence-electron chi connectivity index (χ4n) is 5.32. The Kier molecular flexibility index (Phi) is 7.94. The minimum Gasteiger partial charge on any atom is -0.414 e. The quantitative estimate of drug-likeness (QED) is 0.578. The van der Waals surface area contributed by atoms with Crippen LogP contribution in [-0.4, -0.2) is 57.2 Å². The number of fused-ring (bicyclic) bond motifs is 1. The van der Waals surface area contributed by atoms with Crippen molar-refractivity contribution < 1.29 is 22.8 Å². The number of hydrogen-bond donors (Lipinski definition) is 2. The van der Waals surface area contributed by atoms with Gasteiger partial charge in [-0.15, -0.1) is 0 Å². The summed E-state index contributed by atoms with van der Waals surface area (Å²) < 4.78 is 28.5. The predicted molar refractivity (Wildman–Crippen MR) is 130 cm³/mol. The number of aromatic nitrogens is 2. The van der Waals surface area contributed by atoms with Crippen LogP contribution in [0.4, 0.5) is 0 Å². The first-order valence-corrected chi connectivity index (χ1v) is 15.9. The summed E-state index contributed by atoms with van der Waals surface area (Å²) in [6.07, 6.45) is -0.344. The lowest BCUT2D eigenvalue weighted by Crippen LogP contribution is -2.65. The summed E-state index contributed by atoms with van der Waals surface area (Å²) in [5.41, 5.74) is -0.382. The normalized spacial score (nSPS) is 29.5. The molecule has 9 nitrogen and oxygen atoms in total. The van der Waals surface area contributed by atoms with Crippen molar-refractivity contribution in [2.45, 2.75) is 96.0 Å². The first-order valence-electron chi connectivity index (χ1n) is 12.0. The van der Waals surface area contributed by atoms with Crippen LogP contribution in [-0.2, 0) is 17.7 Å². The molecule has 3 rings (SSSR count). The maximum absolute atomic E-state index is 12.5. The summed E-state index contributed by atoms with van der Waals surface area (Å²) in [6, 6.07) is 1.27. The third kappa shape index (κ3) is 4.61. The molecule has 0 bridgehead atoms. The van der Waals surface area contributed by atoms with Gasteiger partial charge < -0.3 is 22.8 Å². The molecular formula is C22H40N2O7Si2. The molecule has 0 radical (unpaired) electrons. The van der Waals surface area contributed by atoms with Crippen LogP contribution in [0.25, 0.3) is 0 Å². The van der Waals surface area contributed by atoms with Crippen molar-refractivity contribution in [1.82, 2.24) is 9.55 Å². The SMILES string of the molecule is CC(C)[Si]1(C(C)C)OC[C@H]2O[C@@H](n3ccc(=O)[nH]c3=O)[C@H](CO)C2O[Si](C(C)C)(C(C)C)O1. The van der Waals surface area contributed by atoms with Crippen LogP contribution in [0.3, 0.4) is 0 Å². The Morgan fingerprint density at radius 2 is 1.61 bits per heavy atom. The Hall–Kier alpha value is -1.09. The minimum atomic E-state index is -2.88. The standard InChI is InChI=1S/C22H40N2O7Si2/c1-13(2)32(14(3)4)28-12-18-20(30-33(31-32,15(5)6)16(7)8)17(11-25)21(29-18)24-10-9-19(26)23-22(24)27/h9-10,13-18,20-21,25H,11-12H2,1-8H3,(H,23,26,27)/t17-,18-,20?,21-/m1/s1. The number of aliphatic hydroxyl groups excluding tert-OH is 1. The molecule has 2 aliphatic heterocycles. The Morgan fingerprint density at radius 1 is 1.03 bits per heavy atom. The van der Waals surface area contributed by atoms with Crippen molar-refractivity contribution in [3.05, 3.63) is 33.1 Å². The van der Waals surface area contributed by atoms with Crippen LogP contribution in [0.15, 0.2) is 21.9 Å². The third-order valence-electron chi connectivity index (χ3n) is 7.14. The number of aliphatic hydroxyl groups is 1. The van der Waals surface area contributed by atoms with Gasteiger partial charge in [0.2, 0.25) is 0 Å². The average Bonchev–Trinajstić information content (AvgIpc) is 3.03. The Labute approximate surface area is 197 Å². The van der Waals surface area contributed by atoms with E-state index in [1.165, 1.54) is 16.8 Å². The first kappa shape index (κ1) is 26.5. The molecule has 1 aromatic rings. The molecule has 3 heterocycles. The summed E-state index contributed by atoms with van der Waals surface area (Å²) in [4.78, 5) is 26.4. The molecule has 0 saturated carbocycles. The molecular weight excluding hydrogens is 460 g/mol. The van der Waals surface area contributed by atoms with Gasteiger partial charge in [0.25, 0.3) is 5.56 Å². The predicted octanol–water partition coefficient (Wildman–Crippen LogP) is 3.00. The number of hydrogen-bond acceptors (Lipinski definition) is 7. The van der Waals surface area contributed by atoms with Crippen molar-refractivity contribution in [1.29, 1.82) is 0 Å². The highest BCUT2D eigenvalue weighted by Gasteiger charge is 2.61. The van der Waals surface area contributed by atoms with Crippen LogP contribution in [0.5, 0.6) is 0 Å². The average molecular weight is 501 g/mol. The third-order valence-corrected chi connectivity index (χ3v) is 17.4.